The standard InChI is InChI=1S/C14H15NO4/c1-14(2,13(17)18-3)12(16)15-10-8-19-11-7-5-4-6-9(10)11/h4-8H,1-3H3,(H,15,16). The fourth-order valence-electron chi connectivity index (χ4n) is 1.70. The van der Waals surface area contributed by atoms with Crippen molar-refractivity contribution in [2.24, 2.45) is 5.41 Å². The zero-order valence-corrected chi connectivity index (χ0v) is 11.0. The highest BCUT2D eigenvalue weighted by Gasteiger charge is 2.37. The second kappa shape index (κ2) is 4.76. The maximum absolute atomic E-state index is 12.1. The molecule has 1 aromatic carbocycles. The average molecular weight is 261 g/mol. The second-order valence-corrected chi connectivity index (χ2v) is 4.72. The Bertz CT molecular complexity index is 627. The largest absolute Gasteiger partial charge is 0.468 e. The zero-order valence-electron chi connectivity index (χ0n) is 11.0. The molecular formula is C14H15NO4. The van der Waals surface area contributed by atoms with Crippen LogP contribution in [0.15, 0.2) is 34.9 Å². The number of amides is 1. The van der Waals surface area contributed by atoms with Crippen LogP contribution in [-0.2, 0) is 14.3 Å². The second-order valence-electron chi connectivity index (χ2n) is 4.72. The van der Waals surface area contributed by atoms with Gasteiger partial charge in [0.2, 0.25) is 5.91 Å². The molecule has 0 atom stereocenters. The van der Waals surface area contributed by atoms with Crippen LogP contribution in [0.3, 0.4) is 0 Å². The Kier molecular flexibility index (Phi) is 3.29. The van der Waals surface area contributed by atoms with E-state index in [0.29, 0.717) is 11.3 Å². The summed E-state index contributed by atoms with van der Waals surface area (Å²) in [6.45, 7) is 3.02. The Labute approximate surface area is 110 Å². The van der Waals surface area contributed by atoms with Gasteiger partial charge in [0, 0.05) is 5.39 Å². The van der Waals surface area contributed by atoms with E-state index in [2.05, 4.69) is 10.1 Å². The molecule has 100 valence electrons. The first kappa shape index (κ1) is 13.1. The minimum absolute atomic E-state index is 0.439. The number of benzene rings is 1. The van der Waals surface area contributed by atoms with E-state index < -0.39 is 17.3 Å². The highest BCUT2D eigenvalue weighted by atomic mass is 16.5. The SMILES string of the molecule is COC(=O)C(C)(C)C(=O)Nc1coc2ccccc12. The number of para-hydroxylation sites is 1. The highest BCUT2D eigenvalue weighted by molar-refractivity contribution is 6.10. The third-order valence-electron chi connectivity index (χ3n) is 2.99. The number of anilines is 1. The number of methoxy groups -OCH3 is 1. The van der Waals surface area contributed by atoms with E-state index >= 15 is 0 Å². The van der Waals surface area contributed by atoms with Crippen molar-refractivity contribution in [1.29, 1.82) is 0 Å². The topological polar surface area (TPSA) is 68.5 Å². The summed E-state index contributed by atoms with van der Waals surface area (Å²) in [7, 11) is 1.25. The molecule has 0 radical (unpaired) electrons. The third-order valence-corrected chi connectivity index (χ3v) is 2.99. The van der Waals surface area contributed by atoms with Gasteiger partial charge in [-0.2, -0.15) is 0 Å². The molecule has 0 bridgehead atoms. The number of nitrogens with one attached hydrogen (secondary N) is 1. The van der Waals surface area contributed by atoms with E-state index in [1.165, 1.54) is 27.2 Å². The predicted octanol–water partition coefficient (Wildman–Crippen LogP) is 2.57. The van der Waals surface area contributed by atoms with Crippen molar-refractivity contribution in [1.82, 2.24) is 0 Å². The number of hydrogen-bond donors (Lipinski definition) is 1. The van der Waals surface area contributed by atoms with Gasteiger partial charge in [0.25, 0.3) is 0 Å². The van der Waals surface area contributed by atoms with Crippen LogP contribution in [0.4, 0.5) is 5.69 Å². The van der Waals surface area contributed by atoms with Crippen LogP contribution in [0.5, 0.6) is 0 Å². The van der Waals surface area contributed by atoms with Gasteiger partial charge in [0.1, 0.15) is 17.3 Å². The molecule has 0 aliphatic heterocycles. The van der Waals surface area contributed by atoms with Crippen LogP contribution < -0.4 is 5.32 Å². The van der Waals surface area contributed by atoms with Crippen LogP contribution in [-0.4, -0.2) is 19.0 Å². The van der Waals surface area contributed by atoms with Crippen molar-refractivity contribution in [3.63, 3.8) is 0 Å². The third kappa shape index (κ3) is 2.31. The van der Waals surface area contributed by atoms with Gasteiger partial charge in [-0.25, -0.2) is 0 Å². The van der Waals surface area contributed by atoms with Crippen molar-refractivity contribution < 1.29 is 18.7 Å². The molecular weight excluding hydrogens is 246 g/mol. The van der Waals surface area contributed by atoms with E-state index in [1.54, 1.807) is 6.07 Å². The summed E-state index contributed by atoms with van der Waals surface area (Å²) < 4.78 is 9.94. The fourth-order valence-corrected chi connectivity index (χ4v) is 1.70. The van der Waals surface area contributed by atoms with Gasteiger partial charge in [-0.1, -0.05) is 12.1 Å². The highest BCUT2D eigenvalue weighted by Crippen LogP contribution is 2.27. The van der Waals surface area contributed by atoms with Crippen LogP contribution in [0.1, 0.15) is 13.8 Å². The van der Waals surface area contributed by atoms with Crippen LogP contribution in [0.25, 0.3) is 11.0 Å². The van der Waals surface area contributed by atoms with E-state index in [-0.39, 0.29) is 0 Å². The normalized spacial score (nSPS) is 11.3. The number of carbonyl (C=O) groups is 2. The lowest BCUT2D eigenvalue weighted by Crippen LogP contribution is -2.38. The summed E-state index contributed by atoms with van der Waals surface area (Å²) in [6, 6.07) is 7.32. The molecule has 0 aliphatic rings. The smallest absolute Gasteiger partial charge is 0.320 e. The lowest BCUT2D eigenvalue weighted by atomic mass is 9.92. The van der Waals surface area contributed by atoms with Crippen molar-refractivity contribution in [3.8, 4) is 0 Å². The van der Waals surface area contributed by atoms with Gasteiger partial charge < -0.3 is 14.5 Å². The summed E-state index contributed by atoms with van der Waals surface area (Å²) in [5, 5.41) is 3.48. The lowest BCUT2D eigenvalue weighted by molar-refractivity contribution is -0.154. The lowest BCUT2D eigenvalue weighted by Gasteiger charge is -2.19. The Morgan fingerprint density at radius 2 is 1.95 bits per heavy atom. The van der Waals surface area contributed by atoms with Gasteiger partial charge in [-0.05, 0) is 26.0 Å². The van der Waals surface area contributed by atoms with Gasteiger partial charge >= 0.3 is 5.97 Å². The van der Waals surface area contributed by atoms with Crippen molar-refractivity contribution in [2.45, 2.75) is 13.8 Å². The predicted molar refractivity (Wildman–Crippen MR) is 70.6 cm³/mol. The van der Waals surface area contributed by atoms with Crippen molar-refractivity contribution in [2.75, 3.05) is 12.4 Å². The van der Waals surface area contributed by atoms with E-state index in [9.17, 15) is 9.59 Å². The number of carbonyl (C=O) groups excluding carboxylic acids is 2. The Hall–Kier alpha value is -2.30. The molecule has 0 saturated heterocycles. The quantitative estimate of drug-likeness (QED) is 0.681. The maximum atomic E-state index is 12.1. The fraction of sp³-hybridized carbons (Fsp3) is 0.286. The van der Waals surface area contributed by atoms with Crippen LogP contribution >= 0.6 is 0 Å². The monoisotopic (exact) mass is 261 g/mol. The van der Waals surface area contributed by atoms with Crippen molar-refractivity contribution in [3.05, 3.63) is 30.5 Å². The molecule has 5 nitrogen and oxygen atoms in total. The summed E-state index contributed by atoms with van der Waals surface area (Å²) in [5.74, 6) is -1.02. The molecule has 0 unspecified atom stereocenters. The number of fused-ring (bicyclic) bond motifs is 1. The minimum Gasteiger partial charge on any atom is -0.468 e. The maximum Gasteiger partial charge on any atom is 0.320 e. The molecule has 2 rings (SSSR count). The number of furan rings is 1. The van der Waals surface area contributed by atoms with Crippen LogP contribution in [0, 0.1) is 5.41 Å². The van der Waals surface area contributed by atoms with Gasteiger partial charge in [-0.3, -0.25) is 9.59 Å². The molecule has 5 heteroatoms. The van der Waals surface area contributed by atoms with E-state index in [1.807, 2.05) is 18.2 Å². The van der Waals surface area contributed by atoms with Crippen molar-refractivity contribution >= 4 is 28.5 Å². The van der Waals surface area contributed by atoms with Crippen LogP contribution in [0.2, 0.25) is 0 Å². The summed E-state index contributed by atoms with van der Waals surface area (Å²) in [4.78, 5) is 23.7. The molecule has 2 aromatic rings. The molecule has 1 amide bonds. The summed E-state index contributed by atoms with van der Waals surface area (Å²) >= 11 is 0. The number of rotatable bonds is 3. The molecule has 0 aliphatic carbocycles. The van der Waals surface area contributed by atoms with E-state index in [0.717, 1.165) is 5.39 Å². The first-order valence-corrected chi connectivity index (χ1v) is 5.83. The number of esters is 1. The average Bonchev–Trinajstić information content (AvgIpc) is 2.81. The molecule has 1 heterocycles. The minimum atomic E-state index is -1.26. The molecule has 0 saturated carbocycles. The Morgan fingerprint density at radius 1 is 1.26 bits per heavy atom. The molecule has 1 aromatic heterocycles. The van der Waals surface area contributed by atoms with Gasteiger partial charge in [-0.15, -0.1) is 0 Å². The zero-order chi connectivity index (χ0) is 14.0. The molecule has 0 spiro atoms. The Morgan fingerprint density at radius 3 is 2.63 bits per heavy atom. The number of ether oxygens (including phenoxy) is 1. The van der Waals surface area contributed by atoms with E-state index in [4.69, 9.17) is 4.42 Å². The Balaban J connectivity index is 2.26. The molecule has 0 fully saturated rings. The molecule has 1 N–H and O–H groups in total. The molecule has 19 heavy (non-hydrogen) atoms. The first-order chi connectivity index (χ1) is 8.96. The first-order valence-electron chi connectivity index (χ1n) is 5.83. The van der Waals surface area contributed by atoms with Gasteiger partial charge in [0.15, 0.2) is 0 Å². The van der Waals surface area contributed by atoms with Gasteiger partial charge in [0.05, 0.1) is 12.8 Å². The number of hydrogen-bond acceptors (Lipinski definition) is 4. The summed E-state index contributed by atoms with van der Waals surface area (Å²) in [5.41, 5.74) is -0.0427. The summed E-state index contributed by atoms with van der Waals surface area (Å²) in [6.07, 6.45) is 1.45.